The fourth-order valence-electron chi connectivity index (χ4n) is 4.90. The maximum absolute atomic E-state index is 11.7. The zero-order chi connectivity index (χ0) is 14.2. The molecule has 3 rings (SSSR count). The van der Waals surface area contributed by atoms with Gasteiger partial charge < -0.3 is 10.4 Å². The summed E-state index contributed by atoms with van der Waals surface area (Å²) >= 11 is 0. The maximum Gasteiger partial charge on any atom is 0.323 e. The first-order valence-electron chi connectivity index (χ1n) is 8.37. The smallest absolute Gasteiger partial charge is 0.323 e. The molecule has 3 aliphatic rings. The van der Waals surface area contributed by atoms with E-state index in [4.69, 9.17) is 0 Å². The van der Waals surface area contributed by atoms with Crippen LogP contribution in [0.25, 0.3) is 0 Å². The van der Waals surface area contributed by atoms with E-state index < -0.39 is 11.5 Å². The number of carboxylic acid groups (broad SMARTS) is 1. The summed E-state index contributed by atoms with van der Waals surface area (Å²) < 4.78 is 0. The molecule has 1 aliphatic heterocycles. The Morgan fingerprint density at radius 3 is 2.55 bits per heavy atom. The van der Waals surface area contributed by atoms with Crippen molar-refractivity contribution in [2.24, 2.45) is 11.8 Å². The molecule has 4 atom stereocenters. The molecule has 2 aliphatic carbocycles. The van der Waals surface area contributed by atoms with Crippen LogP contribution in [-0.2, 0) is 4.79 Å². The Morgan fingerprint density at radius 1 is 1.25 bits per heavy atom. The zero-order valence-corrected chi connectivity index (χ0v) is 12.6. The largest absolute Gasteiger partial charge is 0.480 e. The van der Waals surface area contributed by atoms with Gasteiger partial charge >= 0.3 is 5.97 Å². The maximum atomic E-state index is 11.7. The van der Waals surface area contributed by atoms with Gasteiger partial charge in [0, 0.05) is 19.1 Å². The summed E-state index contributed by atoms with van der Waals surface area (Å²) in [5.41, 5.74) is -0.671. The number of carbonyl (C=O) groups is 1. The van der Waals surface area contributed by atoms with E-state index in [-0.39, 0.29) is 0 Å². The molecule has 4 unspecified atom stereocenters. The molecule has 1 heterocycles. The SMILES string of the molecule is CCNC1(C(=O)O)CCCC(N2CC3CCCC3C2)C1. The third-order valence-corrected chi connectivity index (χ3v) is 5.92. The molecule has 0 spiro atoms. The van der Waals surface area contributed by atoms with Crippen LogP contribution in [0.4, 0.5) is 0 Å². The minimum absolute atomic E-state index is 0.476. The van der Waals surface area contributed by atoms with E-state index in [0.717, 1.165) is 37.6 Å². The van der Waals surface area contributed by atoms with E-state index in [0.29, 0.717) is 6.04 Å². The van der Waals surface area contributed by atoms with Crippen molar-refractivity contribution in [3.05, 3.63) is 0 Å². The highest BCUT2D eigenvalue weighted by atomic mass is 16.4. The number of likely N-dealkylation sites (N-methyl/N-ethyl adjacent to an activating group) is 1. The van der Waals surface area contributed by atoms with Crippen molar-refractivity contribution in [1.82, 2.24) is 10.2 Å². The Morgan fingerprint density at radius 2 is 1.95 bits per heavy atom. The van der Waals surface area contributed by atoms with Crippen molar-refractivity contribution in [3.63, 3.8) is 0 Å². The molecule has 0 amide bonds. The summed E-state index contributed by atoms with van der Waals surface area (Å²) in [7, 11) is 0. The number of hydrogen-bond acceptors (Lipinski definition) is 3. The summed E-state index contributed by atoms with van der Waals surface area (Å²) in [5.74, 6) is 1.15. The number of aliphatic carboxylic acids is 1. The van der Waals surface area contributed by atoms with Gasteiger partial charge in [0.2, 0.25) is 0 Å². The summed E-state index contributed by atoms with van der Waals surface area (Å²) in [4.78, 5) is 14.4. The second kappa shape index (κ2) is 5.64. The van der Waals surface area contributed by atoms with E-state index in [2.05, 4.69) is 10.2 Å². The standard InChI is InChI=1S/C16H28N2O2/c1-2-17-16(15(19)20)8-4-7-14(9-16)18-10-12-5-3-6-13(12)11-18/h12-14,17H,2-11H2,1H3,(H,19,20). The molecular formula is C16H28N2O2. The van der Waals surface area contributed by atoms with E-state index >= 15 is 0 Å². The monoisotopic (exact) mass is 280 g/mol. The average molecular weight is 280 g/mol. The number of hydrogen-bond donors (Lipinski definition) is 2. The normalized spacial score (nSPS) is 41.8. The summed E-state index contributed by atoms with van der Waals surface area (Å²) in [5, 5.41) is 12.9. The lowest BCUT2D eigenvalue weighted by Gasteiger charge is -2.42. The Bertz CT molecular complexity index is 357. The topological polar surface area (TPSA) is 52.6 Å². The second-order valence-electron chi connectivity index (χ2n) is 7.07. The van der Waals surface area contributed by atoms with Crippen molar-refractivity contribution in [2.45, 2.75) is 63.5 Å². The third-order valence-electron chi connectivity index (χ3n) is 5.92. The van der Waals surface area contributed by atoms with Gasteiger partial charge in [0.05, 0.1) is 0 Å². The molecule has 2 N–H and O–H groups in total. The Labute approximate surface area is 121 Å². The van der Waals surface area contributed by atoms with Crippen LogP contribution in [0.15, 0.2) is 0 Å². The molecule has 1 saturated heterocycles. The summed E-state index contributed by atoms with van der Waals surface area (Å²) in [6.45, 7) is 5.19. The fourth-order valence-corrected chi connectivity index (χ4v) is 4.90. The van der Waals surface area contributed by atoms with Gasteiger partial charge in [-0.1, -0.05) is 13.3 Å². The van der Waals surface area contributed by atoms with E-state index in [1.807, 2.05) is 6.92 Å². The number of nitrogens with one attached hydrogen (secondary N) is 1. The van der Waals surface area contributed by atoms with Crippen molar-refractivity contribution < 1.29 is 9.90 Å². The van der Waals surface area contributed by atoms with Crippen LogP contribution in [0.5, 0.6) is 0 Å². The van der Waals surface area contributed by atoms with Gasteiger partial charge in [-0.2, -0.15) is 0 Å². The lowest BCUT2D eigenvalue weighted by Crippen LogP contribution is -2.58. The number of carboxylic acids is 1. The predicted molar refractivity (Wildman–Crippen MR) is 78.7 cm³/mol. The van der Waals surface area contributed by atoms with Crippen molar-refractivity contribution >= 4 is 5.97 Å². The zero-order valence-electron chi connectivity index (χ0n) is 12.6. The Hall–Kier alpha value is -0.610. The quantitative estimate of drug-likeness (QED) is 0.828. The molecule has 2 saturated carbocycles. The minimum Gasteiger partial charge on any atom is -0.480 e. The molecule has 20 heavy (non-hydrogen) atoms. The van der Waals surface area contributed by atoms with Gasteiger partial charge in [-0.3, -0.25) is 9.69 Å². The van der Waals surface area contributed by atoms with E-state index in [1.165, 1.54) is 38.8 Å². The number of nitrogens with zero attached hydrogens (tertiary/aromatic N) is 1. The highest BCUT2D eigenvalue weighted by Crippen LogP contribution is 2.41. The van der Waals surface area contributed by atoms with Gasteiger partial charge in [0.1, 0.15) is 5.54 Å². The lowest BCUT2D eigenvalue weighted by atomic mass is 9.78. The fraction of sp³-hybridized carbons (Fsp3) is 0.938. The van der Waals surface area contributed by atoms with Gasteiger partial charge in [-0.05, 0) is 56.9 Å². The summed E-state index contributed by atoms with van der Waals surface area (Å²) in [6, 6.07) is 0.476. The first kappa shape index (κ1) is 14.3. The molecule has 0 radical (unpaired) electrons. The molecule has 3 fully saturated rings. The Balaban J connectivity index is 1.67. The number of fused-ring (bicyclic) bond motifs is 1. The molecule has 0 aromatic heterocycles. The van der Waals surface area contributed by atoms with Crippen molar-refractivity contribution in [2.75, 3.05) is 19.6 Å². The molecule has 0 aromatic rings. The lowest BCUT2D eigenvalue weighted by molar-refractivity contribution is -0.147. The van der Waals surface area contributed by atoms with Gasteiger partial charge in [-0.15, -0.1) is 0 Å². The first-order chi connectivity index (χ1) is 9.64. The van der Waals surface area contributed by atoms with Crippen LogP contribution in [0.1, 0.15) is 51.9 Å². The third kappa shape index (κ3) is 2.48. The van der Waals surface area contributed by atoms with Gasteiger partial charge in [-0.25, -0.2) is 0 Å². The van der Waals surface area contributed by atoms with Crippen molar-refractivity contribution in [3.8, 4) is 0 Å². The van der Waals surface area contributed by atoms with Crippen LogP contribution >= 0.6 is 0 Å². The molecule has 114 valence electrons. The summed E-state index contributed by atoms with van der Waals surface area (Å²) in [6.07, 6.45) is 7.99. The highest BCUT2D eigenvalue weighted by molar-refractivity contribution is 5.79. The second-order valence-corrected chi connectivity index (χ2v) is 7.07. The highest BCUT2D eigenvalue weighted by Gasteiger charge is 2.46. The molecule has 4 nitrogen and oxygen atoms in total. The number of rotatable bonds is 4. The van der Waals surface area contributed by atoms with Gasteiger partial charge in [0.25, 0.3) is 0 Å². The molecular weight excluding hydrogens is 252 g/mol. The number of likely N-dealkylation sites (tertiary alicyclic amines) is 1. The Kier molecular flexibility index (Phi) is 4.04. The van der Waals surface area contributed by atoms with E-state index in [9.17, 15) is 9.90 Å². The van der Waals surface area contributed by atoms with E-state index in [1.54, 1.807) is 0 Å². The van der Waals surface area contributed by atoms with Crippen LogP contribution in [0, 0.1) is 11.8 Å². The van der Waals surface area contributed by atoms with Gasteiger partial charge in [0.15, 0.2) is 0 Å². The molecule has 4 heteroatoms. The first-order valence-corrected chi connectivity index (χ1v) is 8.37. The minimum atomic E-state index is -0.671. The molecule has 0 aromatic carbocycles. The average Bonchev–Trinajstić information content (AvgIpc) is 2.99. The van der Waals surface area contributed by atoms with Crippen LogP contribution < -0.4 is 5.32 Å². The predicted octanol–water partition coefficient (Wildman–Crippen LogP) is 2.09. The van der Waals surface area contributed by atoms with Crippen LogP contribution in [0.3, 0.4) is 0 Å². The molecule has 0 bridgehead atoms. The van der Waals surface area contributed by atoms with Crippen LogP contribution in [-0.4, -0.2) is 47.2 Å². The van der Waals surface area contributed by atoms with Crippen LogP contribution in [0.2, 0.25) is 0 Å². The van der Waals surface area contributed by atoms with Crippen molar-refractivity contribution in [1.29, 1.82) is 0 Å².